The minimum absolute atomic E-state index is 1.03. The zero-order valence-electron chi connectivity index (χ0n) is 10.1. The maximum absolute atomic E-state index is 4.37. The summed E-state index contributed by atoms with van der Waals surface area (Å²) in [6.07, 6.45) is 1.89. The Morgan fingerprint density at radius 3 is 2.06 bits per heavy atom. The molecule has 0 N–H and O–H groups in total. The van der Waals surface area contributed by atoms with Crippen molar-refractivity contribution < 1.29 is 0 Å². The van der Waals surface area contributed by atoms with E-state index in [2.05, 4.69) is 44.6 Å². The van der Waals surface area contributed by atoms with Crippen molar-refractivity contribution in [3.63, 3.8) is 0 Å². The Kier molecular flexibility index (Phi) is 5.14. The molecule has 2 aromatic rings. The molecule has 84 valence electrons. The molecule has 0 aliphatic carbocycles. The van der Waals surface area contributed by atoms with Crippen LogP contribution >= 0.6 is 9.24 Å². The van der Waals surface area contributed by atoms with Crippen LogP contribution in [0.1, 0.15) is 19.4 Å². The lowest BCUT2D eigenvalue weighted by atomic mass is 10.1. The van der Waals surface area contributed by atoms with Gasteiger partial charge in [0.05, 0.1) is 5.69 Å². The molecule has 1 heterocycles. The zero-order valence-corrected chi connectivity index (χ0v) is 11.2. The first-order chi connectivity index (χ1) is 7.75. The van der Waals surface area contributed by atoms with E-state index in [4.69, 9.17) is 0 Å². The summed E-state index contributed by atoms with van der Waals surface area (Å²) < 4.78 is 0. The predicted octanol–water partition coefficient (Wildman–Crippen LogP) is 3.58. The standard InChI is InChI=1S/C12H12NP.C2H6/c1-9-2-7-12(13-8-9)10-3-5-11(14)6-4-10;1-2/h2-8H,14H2,1H3;1-2H3. The summed E-state index contributed by atoms with van der Waals surface area (Å²) >= 11 is 0. The maximum Gasteiger partial charge on any atom is 0.0702 e. The number of hydrogen-bond donors (Lipinski definition) is 0. The maximum atomic E-state index is 4.37. The third-order valence-corrected chi connectivity index (χ3v) is 2.50. The van der Waals surface area contributed by atoms with Gasteiger partial charge in [-0.3, -0.25) is 4.98 Å². The Morgan fingerprint density at radius 2 is 1.56 bits per heavy atom. The van der Waals surface area contributed by atoms with E-state index in [1.54, 1.807) is 0 Å². The van der Waals surface area contributed by atoms with Gasteiger partial charge in [-0.2, -0.15) is 0 Å². The normalized spacial score (nSPS) is 9.25. The molecule has 0 bridgehead atoms. The van der Waals surface area contributed by atoms with Crippen LogP contribution in [-0.2, 0) is 0 Å². The highest BCUT2D eigenvalue weighted by atomic mass is 31.0. The van der Waals surface area contributed by atoms with E-state index in [1.807, 2.05) is 33.0 Å². The molecule has 1 atom stereocenters. The second-order valence-corrected chi connectivity index (χ2v) is 4.01. The monoisotopic (exact) mass is 231 g/mol. The van der Waals surface area contributed by atoms with Gasteiger partial charge in [0.15, 0.2) is 0 Å². The fraction of sp³-hybridized carbons (Fsp3) is 0.214. The van der Waals surface area contributed by atoms with Crippen molar-refractivity contribution in [1.82, 2.24) is 4.98 Å². The van der Waals surface area contributed by atoms with Crippen molar-refractivity contribution in [1.29, 1.82) is 0 Å². The number of benzene rings is 1. The second kappa shape index (κ2) is 6.40. The number of hydrogen-bond acceptors (Lipinski definition) is 1. The Hall–Kier alpha value is -1.20. The van der Waals surface area contributed by atoms with E-state index in [0.29, 0.717) is 0 Å². The number of pyridine rings is 1. The van der Waals surface area contributed by atoms with E-state index in [1.165, 1.54) is 10.9 Å². The first-order valence-corrected chi connectivity index (χ1v) is 6.12. The SMILES string of the molecule is CC.Cc1ccc(-c2ccc(P)cc2)nc1. The Balaban J connectivity index is 0.000000606. The van der Waals surface area contributed by atoms with Gasteiger partial charge in [0, 0.05) is 11.8 Å². The average molecular weight is 231 g/mol. The highest BCUT2D eigenvalue weighted by Crippen LogP contribution is 2.15. The van der Waals surface area contributed by atoms with Gasteiger partial charge in [-0.15, -0.1) is 9.24 Å². The van der Waals surface area contributed by atoms with E-state index < -0.39 is 0 Å². The Bertz CT molecular complexity index is 374. The lowest BCUT2D eigenvalue weighted by molar-refractivity contribution is 1.27. The molecule has 1 aromatic carbocycles. The van der Waals surface area contributed by atoms with E-state index in [0.717, 1.165) is 11.3 Å². The summed E-state index contributed by atoms with van der Waals surface area (Å²) in [5.74, 6) is 0. The van der Waals surface area contributed by atoms with Gasteiger partial charge < -0.3 is 0 Å². The molecule has 0 saturated heterocycles. The van der Waals surface area contributed by atoms with Crippen LogP contribution in [-0.4, -0.2) is 4.98 Å². The molecule has 0 amide bonds. The number of aromatic nitrogens is 1. The first kappa shape index (κ1) is 12.9. The molecule has 0 saturated carbocycles. The third-order valence-electron chi connectivity index (χ3n) is 2.12. The summed E-state index contributed by atoms with van der Waals surface area (Å²) in [5.41, 5.74) is 3.38. The van der Waals surface area contributed by atoms with Crippen LogP contribution < -0.4 is 5.30 Å². The summed E-state index contributed by atoms with van der Waals surface area (Å²) in [6, 6.07) is 12.4. The molecule has 1 unspecified atom stereocenters. The minimum atomic E-state index is 1.03. The summed E-state index contributed by atoms with van der Waals surface area (Å²) in [6.45, 7) is 6.04. The number of nitrogens with zero attached hydrogens (tertiary/aromatic N) is 1. The highest BCUT2D eigenvalue weighted by Gasteiger charge is 1.97. The molecular weight excluding hydrogens is 213 g/mol. The third kappa shape index (κ3) is 3.43. The average Bonchev–Trinajstić information content (AvgIpc) is 2.34. The lowest BCUT2D eigenvalue weighted by Crippen LogP contribution is -1.89. The number of rotatable bonds is 1. The second-order valence-electron chi connectivity index (χ2n) is 3.34. The van der Waals surface area contributed by atoms with Crippen LogP contribution in [0.2, 0.25) is 0 Å². The van der Waals surface area contributed by atoms with Crippen molar-refractivity contribution in [2.24, 2.45) is 0 Å². The summed E-state index contributed by atoms with van der Waals surface area (Å²) in [5, 5.41) is 1.20. The molecule has 0 aliphatic rings. The molecule has 0 radical (unpaired) electrons. The molecule has 0 aliphatic heterocycles. The van der Waals surface area contributed by atoms with Gasteiger partial charge in [0.2, 0.25) is 0 Å². The van der Waals surface area contributed by atoms with Gasteiger partial charge in [0.1, 0.15) is 0 Å². The van der Waals surface area contributed by atoms with Crippen LogP contribution in [0.15, 0.2) is 42.6 Å². The van der Waals surface area contributed by atoms with Crippen molar-refractivity contribution in [2.75, 3.05) is 0 Å². The van der Waals surface area contributed by atoms with E-state index in [9.17, 15) is 0 Å². The number of aryl methyl sites for hydroxylation is 1. The summed E-state index contributed by atoms with van der Waals surface area (Å²) in [4.78, 5) is 4.37. The van der Waals surface area contributed by atoms with Gasteiger partial charge in [-0.1, -0.05) is 44.2 Å². The first-order valence-electron chi connectivity index (χ1n) is 5.54. The molecule has 2 heteroatoms. The van der Waals surface area contributed by atoms with Crippen LogP contribution in [0.4, 0.5) is 0 Å². The fourth-order valence-electron chi connectivity index (χ4n) is 1.29. The van der Waals surface area contributed by atoms with Crippen molar-refractivity contribution in [3.05, 3.63) is 48.2 Å². The highest BCUT2D eigenvalue weighted by molar-refractivity contribution is 7.27. The van der Waals surface area contributed by atoms with Gasteiger partial charge in [0.25, 0.3) is 0 Å². The molecule has 1 nitrogen and oxygen atoms in total. The topological polar surface area (TPSA) is 12.9 Å². The van der Waals surface area contributed by atoms with Crippen molar-refractivity contribution in [3.8, 4) is 11.3 Å². The van der Waals surface area contributed by atoms with E-state index >= 15 is 0 Å². The molecule has 0 spiro atoms. The van der Waals surface area contributed by atoms with Crippen LogP contribution in [0.3, 0.4) is 0 Å². The predicted molar refractivity (Wildman–Crippen MR) is 75.1 cm³/mol. The van der Waals surface area contributed by atoms with Crippen LogP contribution in [0.5, 0.6) is 0 Å². The molecule has 16 heavy (non-hydrogen) atoms. The lowest BCUT2D eigenvalue weighted by Gasteiger charge is -2.01. The largest absolute Gasteiger partial charge is 0.256 e. The Labute approximate surface area is 100 Å². The fourth-order valence-corrected chi connectivity index (χ4v) is 1.48. The molecule has 1 aromatic heterocycles. The smallest absolute Gasteiger partial charge is 0.0702 e. The van der Waals surface area contributed by atoms with Gasteiger partial charge in [-0.05, 0) is 23.9 Å². The summed E-state index contributed by atoms with van der Waals surface area (Å²) in [7, 11) is 2.68. The molecule has 0 fully saturated rings. The van der Waals surface area contributed by atoms with Gasteiger partial charge >= 0.3 is 0 Å². The van der Waals surface area contributed by atoms with Crippen molar-refractivity contribution >= 4 is 14.5 Å². The van der Waals surface area contributed by atoms with Crippen LogP contribution in [0.25, 0.3) is 11.3 Å². The van der Waals surface area contributed by atoms with Crippen LogP contribution in [0, 0.1) is 6.92 Å². The quantitative estimate of drug-likeness (QED) is 0.683. The minimum Gasteiger partial charge on any atom is -0.256 e. The Morgan fingerprint density at radius 1 is 0.938 bits per heavy atom. The zero-order chi connectivity index (χ0) is 12.0. The van der Waals surface area contributed by atoms with E-state index in [-0.39, 0.29) is 0 Å². The molecule has 2 rings (SSSR count). The molecular formula is C14H18NP. The van der Waals surface area contributed by atoms with Crippen molar-refractivity contribution in [2.45, 2.75) is 20.8 Å². The van der Waals surface area contributed by atoms with Gasteiger partial charge in [-0.25, -0.2) is 0 Å².